The summed E-state index contributed by atoms with van der Waals surface area (Å²) in [6.45, 7) is 4.22. The molecule has 0 bridgehead atoms. The van der Waals surface area contributed by atoms with E-state index in [0.717, 1.165) is 29.7 Å². The third-order valence-electron chi connectivity index (χ3n) is 3.86. The fraction of sp³-hybridized carbons (Fsp3) is 0.533. The van der Waals surface area contributed by atoms with Gasteiger partial charge < -0.3 is 25.1 Å². The Morgan fingerprint density at radius 2 is 2.10 bits per heavy atom. The fourth-order valence-electron chi connectivity index (χ4n) is 2.79. The number of fused-ring (bicyclic) bond motifs is 1. The van der Waals surface area contributed by atoms with Gasteiger partial charge in [-0.2, -0.15) is 0 Å². The molecular formula is C15H22N4O2. The first-order chi connectivity index (χ1) is 10.3. The Kier molecular flexibility index (Phi) is 4.15. The minimum absolute atomic E-state index is 0.401. The lowest BCUT2D eigenvalue weighted by atomic mass is 10.2. The number of imidazole rings is 1. The van der Waals surface area contributed by atoms with Crippen molar-refractivity contribution in [3.63, 3.8) is 0 Å². The maximum Gasteiger partial charge on any atom is 0.198 e. The highest BCUT2D eigenvalue weighted by atomic mass is 16.5. The SMILES string of the molecule is COc1cc2[nH]c(N)nc2cc1OCCCN1CCCC1. The van der Waals surface area contributed by atoms with Crippen molar-refractivity contribution in [1.29, 1.82) is 0 Å². The maximum absolute atomic E-state index is 5.86. The zero-order valence-corrected chi connectivity index (χ0v) is 12.4. The summed E-state index contributed by atoms with van der Waals surface area (Å²) in [5.41, 5.74) is 7.32. The molecule has 1 saturated heterocycles. The van der Waals surface area contributed by atoms with Crippen molar-refractivity contribution < 1.29 is 9.47 Å². The summed E-state index contributed by atoms with van der Waals surface area (Å²) in [4.78, 5) is 9.69. The van der Waals surface area contributed by atoms with Gasteiger partial charge in [0.2, 0.25) is 0 Å². The van der Waals surface area contributed by atoms with Gasteiger partial charge in [-0.3, -0.25) is 0 Å². The van der Waals surface area contributed by atoms with Gasteiger partial charge in [0.1, 0.15) is 0 Å². The molecule has 0 atom stereocenters. The second kappa shape index (κ2) is 6.22. The number of rotatable bonds is 6. The van der Waals surface area contributed by atoms with Crippen LogP contribution in [0, 0.1) is 0 Å². The van der Waals surface area contributed by atoms with Crippen LogP contribution in [0.15, 0.2) is 12.1 Å². The van der Waals surface area contributed by atoms with Gasteiger partial charge in [0, 0.05) is 18.7 Å². The van der Waals surface area contributed by atoms with E-state index in [1.54, 1.807) is 7.11 Å². The molecule has 1 aliphatic rings. The van der Waals surface area contributed by atoms with Crippen LogP contribution < -0.4 is 15.2 Å². The van der Waals surface area contributed by atoms with Crippen molar-refractivity contribution in [2.75, 3.05) is 39.1 Å². The largest absolute Gasteiger partial charge is 0.493 e. The first-order valence-corrected chi connectivity index (χ1v) is 7.44. The zero-order chi connectivity index (χ0) is 14.7. The average Bonchev–Trinajstić information content (AvgIpc) is 3.10. The Balaban J connectivity index is 1.61. The molecule has 1 aromatic carbocycles. The van der Waals surface area contributed by atoms with Crippen LogP contribution in [0.2, 0.25) is 0 Å². The molecule has 1 fully saturated rings. The number of nitrogens with one attached hydrogen (secondary N) is 1. The lowest BCUT2D eigenvalue weighted by Gasteiger charge is -2.15. The fourth-order valence-corrected chi connectivity index (χ4v) is 2.79. The van der Waals surface area contributed by atoms with E-state index in [0.29, 0.717) is 18.3 Å². The number of likely N-dealkylation sites (tertiary alicyclic amines) is 1. The van der Waals surface area contributed by atoms with Crippen molar-refractivity contribution in [2.24, 2.45) is 0 Å². The van der Waals surface area contributed by atoms with Gasteiger partial charge in [-0.25, -0.2) is 4.98 Å². The highest BCUT2D eigenvalue weighted by molar-refractivity contribution is 5.81. The van der Waals surface area contributed by atoms with Crippen LogP contribution in [0.3, 0.4) is 0 Å². The average molecular weight is 290 g/mol. The molecule has 114 valence electrons. The summed E-state index contributed by atoms with van der Waals surface area (Å²) in [6.07, 6.45) is 3.67. The molecule has 2 aromatic rings. The second-order valence-corrected chi connectivity index (χ2v) is 5.39. The van der Waals surface area contributed by atoms with Crippen LogP contribution in [-0.4, -0.2) is 48.2 Å². The molecular weight excluding hydrogens is 268 g/mol. The topological polar surface area (TPSA) is 76.4 Å². The van der Waals surface area contributed by atoms with Gasteiger partial charge in [0.05, 0.1) is 24.8 Å². The Morgan fingerprint density at radius 3 is 2.86 bits per heavy atom. The van der Waals surface area contributed by atoms with Gasteiger partial charge in [-0.15, -0.1) is 0 Å². The smallest absolute Gasteiger partial charge is 0.198 e. The minimum atomic E-state index is 0.401. The highest BCUT2D eigenvalue weighted by Gasteiger charge is 2.12. The van der Waals surface area contributed by atoms with Crippen molar-refractivity contribution in [2.45, 2.75) is 19.3 Å². The maximum atomic E-state index is 5.86. The van der Waals surface area contributed by atoms with Crippen molar-refractivity contribution in [3.8, 4) is 11.5 Å². The molecule has 0 amide bonds. The number of hydrogen-bond donors (Lipinski definition) is 2. The number of methoxy groups -OCH3 is 1. The molecule has 0 aliphatic carbocycles. The lowest BCUT2D eigenvalue weighted by molar-refractivity contribution is 0.254. The lowest BCUT2D eigenvalue weighted by Crippen LogP contribution is -2.21. The summed E-state index contributed by atoms with van der Waals surface area (Å²) in [5, 5.41) is 0. The number of ether oxygens (including phenoxy) is 2. The van der Waals surface area contributed by atoms with Gasteiger partial charge in [0.25, 0.3) is 0 Å². The monoisotopic (exact) mass is 290 g/mol. The van der Waals surface area contributed by atoms with Gasteiger partial charge >= 0.3 is 0 Å². The van der Waals surface area contributed by atoms with Crippen LogP contribution in [0.4, 0.5) is 5.95 Å². The zero-order valence-electron chi connectivity index (χ0n) is 12.4. The predicted molar refractivity (Wildman–Crippen MR) is 82.8 cm³/mol. The van der Waals surface area contributed by atoms with Crippen LogP contribution in [0.25, 0.3) is 11.0 Å². The standard InChI is InChI=1S/C15H22N4O2/c1-20-13-9-11-12(18-15(16)17-11)10-14(13)21-8-4-7-19-5-2-3-6-19/h9-10H,2-8H2,1H3,(H3,16,17,18). The van der Waals surface area contributed by atoms with Crippen LogP contribution in [-0.2, 0) is 0 Å². The van der Waals surface area contributed by atoms with E-state index in [4.69, 9.17) is 15.2 Å². The Labute approximate surface area is 124 Å². The van der Waals surface area contributed by atoms with Crippen molar-refractivity contribution >= 4 is 17.0 Å². The first-order valence-electron chi connectivity index (χ1n) is 7.44. The molecule has 0 unspecified atom stereocenters. The molecule has 0 spiro atoms. The normalized spacial score (nSPS) is 15.7. The van der Waals surface area contributed by atoms with E-state index in [-0.39, 0.29) is 0 Å². The number of aromatic nitrogens is 2. The molecule has 0 saturated carbocycles. The highest BCUT2D eigenvalue weighted by Crippen LogP contribution is 2.31. The van der Waals surface area contributed by atoms with Gasteiger partial charge in [-0.1, -0.05) is 0 Å². The number of nitrogens with zero attached hydrogens (tertiary/aromatic N) is 2. The van der Waals surface area contributed by atoms with E-state index in [2.05, 4.69) is 14.9 Å². The third kappa shape index (κ3) is 3.21. The van der Waals surface area contributed by atoms with E-state index in [1.165, 1.54) is 25.9 Å². The Morgan fingerprint density at radius 1 is 1.29 bits per heavy atom. The number of aromatic amines is 1. The predicted octanol–water partition coefficient (Wildman–Crippen LogP) is 2.02. The summed E-state index contributed by atoms with van der Waals surface area (Å²) in [6, 6.07) is 3.74. The van der Waals surface area contributed by atoms with E-state index in [1.807, 2.05) is 12.1 Å². The summed E-state index contributed by atoms with van der Waals surface area (Å²) >= 11 is 0. The molecule has 6 nitrogen and oxygen atoms in total. The van der Waals surface area contributed by atoms with E-state index >= 15 is 0 Å². The molecule has 0 radical (unpaired) electrons. The molecule has 1 aliphatic heterocycles. The van der Waals surface area contributed by atoms with Crippen LogP contribution in [0.1, 0.15) is 19.3 Å². The molecule has 1 aromatic heterocycles. The molecule has 6 heteroatoms. The second-order valence-electron chi connectivity index (χ2n) is 5.39. The quantitative estimate of drug-likeness (QED) is 0.796. The summed E-state index contributed by atoms with van der Waals surface area (Å²) < 4.78 is 11.2. The van der Waals surface area contributed by atoms with Crippen LogP contribution in [0.5, 0.6) is 11.5 Å². The molecule has 3 N–H and O–H groups in total. The van der Waals surface area contributed by atoms with Gasteiger partial charge in [0.15, 0.2) is 17.4 Å². The van der Waals surface area contributed by atoms with Crippen molar-refractivity contribution in [3.05, 3.63) is 12.1 Å². The number of nitrogens with two attached hydrogens (primary N) is 1. The van der Waals surface area contributed by atoms with E-state index in [9.17, 15) is 0 Å². The number of anilines is 1. The van der Waals surface area contributed by atoms with Gasteiger partial charge in [-0.05, 0) is 32.4 Å². The third-order valence-corrected chi connectivity index (χ3v) is 3.86. The summed E-state index contributed by atoms with van der Waals surface area (Å²) in [5.74, 6) is 1.82. The van der Waals surface area contributed by atoms with E-state index < -0.39 is 0 Å². The minimum Gasteiger partial charge on any atom is -0.493 e. The number of H-pyrrole nitrogens is 1. The van der Waals surface area contributed by atoms with Crippen molar-refractivity contribution in [1.82, 2.24) is 14.9 Å². The number of benzene rings is 1. The molecule has 2 heterocycles. The number of nitrogen functional groups attached to an aromatic ring is 1. The number of hydrogen-bond acceptors (Lipinski definition) is 5. The Hall–Kier alpha value is -1.95. The molecule has 3 rings (SSSR count). The first kappa shape index (κ1) is 14.0. The van der Waals surface area contributed by atoms with Crippen LogP contribution >= 0.6 is 0 Å². The summed E-state index contributed by atoms with van der Waals surface area (Å²) in [7, 11) is 1.64. The Bertz CT molecular complexity index is 605. The molecule has 21 heavy (non-hydrogen) atoms.